The lowest BCUT2D eigenvalue weighted by Gasteiger charge is -2.21. The molecule has 0 aliphatic rings. The molecule has 0 aliphatic carbocycles. The zero-order chi connectivity index (χ0) is 46.1. The van der Waals surface area contributed by atoms with E-state index in [1.807, 2.05) is 69.5 Å². The van der Waals surface area contributed by atoms with Crippen LogP contribution in [0.1, 0.15) is 111 Å². The van der Waals surface area contributed by atoms with E-state index in [9.17, 15) is 45.6 Å². The third kappa shape index (κ3) is 39.6. The molecule has 13 nitrogen and oxygen atoms in total. The summed E-state index contributed by atoms with van der Waals surface area (Å²) in [4.78, 5) is 67.1. The minimum absolute atomic E-state index is 0.0278. The van der Waals surface area contributed by atoms with Gasteiger partial charge in [0.05, 0.1) is 24.5 Å². The van der Waals surface area contributed by atoms with Gasteiger partial charge in [-0.2, -0.15) is 8.42 Å². The molecule has 0 radical (unpaired) electrons. The van der Waals surface area contributed by atoms with Gasteiger partial charge in [-0.05, 0) is 83.9 Å². The van der Waals surface area contributed by atoms with Crippen LogP contribution in [0.4, 0.5) is 0 Å². The Labute approximate surface area is 341 Å². The molecule has 332 valence electrons. The van der Waals surface area contributed by atoms with E-state index in [0.29, 0.717) is 23.2 Å². The number of Topliss-reactive ketones (excluding diaryl/α,β-unsaturated/α-hetero) is 5. The largest absolute Gasteiger partial charge is 0.465 e. The minimum atomic E-state index is -3.44. The minimum Gasteiger partial charge on any atom is -0.465 e. The van der Waals surface area contributed by atoms with Crippen molar-refractivity contribution in [1.29, 1.82) is 0 Å². The molecule has 4 atom stereocenters. The average Bonchev–Trinajstić information content (AvgIpc) is 2.97. The van der Waals surface area contributed by atoms with Gasteiger partial charge in [0.1, 0.15) is 39.6 Å². The van der Waals surface area contributed by atoms with Gasteiger partial charge in [0.15, 0.2) is 5.78 Å². The molecule has 0 rings (SSSR count). The van der Waals surface area contributed by atoms with E-state index in [1.54, 1.807) is 13.8 Å². The van der Waals surface area contributed by atoms with Crippen molar-refractivity contribution in [2.75, 3.05) is 52.1 Å². The summed E-state index contributed by atoms with van der Waals surface area (Å²) < 4.78 is 52.4. The van der Waals surface area contributed by atoms with Crippen LogP contribution in [0.5, 0.6) is 0 Å². The van der Waals surface area contributed by atoms with Gasteiger partial charge in [0, 0.05) is 37.5 Å². The molecular formula is C41H79NO12S2. The highest BCUT2D eigenvalue weighted by atomic mass is 32.2. The van der Waals surface area contributed by atoms with Gasteiger partial charge < -0.3 is 9.64 Å². The fraction of sp³-hybridized carbons (Fsp3) is 0.805. The zero-order valence-electron chi connectivity index (χ0n) is 38.4. The van der Waals surface area contributed by atoms with E-state index < -0.39 is 20.0 Å². The first-order valence-corrected chi connectivity index (χ1v) is 22.8. The van der Waals surface area contributed by atoms with Gasteiger partial charge >= 0.3 is 5.97 Å². The number of nitrogens with zero attached hydrogens (tertiary/aromatic N) is 1. The van der Waals surface area contributed by atoms with Crippen molar-refractivity contribution in [3.63, 3.8) is 0 Å². The second kappa shape index (κ2) is 31.4. The zero-order valence-corrected chi connectivity index (χ0v) is 40.0. The molecule has 0 N–H and O–H groups in total. The third-order valence-electron chi connectivity index (χ3n) is 8.43. The molecule has 56 heavy (non-hydrogen) atoms. The molecule has 0 bridgehead atoms. The predicted octanol–water partition coefficient (Wildman–Crippen LogP) is 6.32. The van der Waals surface area contributed by atoms with Crippen molar-refractivity contribution in [2.24, 2.45) is 53.3 Å². The Bertz CT molecular complexity index is 1430. The number of rotatable bonds is 19. The van der Waals surface area contributed by atoms with Crippen molar-refractivity contribution < 1.29 is 54.5 Å². The van der Waals surface area contributed by atoms with Crippen molar-refractivity contribution in [3.05, 3.63) is 12.2 Å². The molecule has 4 unspecified atom stereocenters. The summed E-state index contributed by atoms with van der Waals surface area (Å²) in [5, 5.41) is 0. The predicted molar refractivity (Wildman–Crippen MR) is 226 cm³/mol. The number of esters is 1. The molecule has 15 heteroatoms. The lowest BCUT2D eigenvalue weighted by molar-refractivity contribution is -0.144. The Kier molecular flexibility index (Phi) is 35.1. The van der Waals surface area contributed by atoms with Crippen LogP contribution in [0, 0.1) is 53.3 Å². The van der Waals surface area contributed by atoms with Gasteiger partial charge in [-0.25, -0.2) is 8.42 Å². The SMILES string of the molecule is C=C(C(C)=O)C(C)C.CC(=O)C(CN(C)C)C(C)C.CC(=O)C(COS(C)(=O)=O)C(C)C.CC(=O)C(CS(C)(=O)=O)C(C)C.CC(=O)OCC(C(C)=O)C(C)C. The second-order valence-corrected chi connectivity index (χ2v) is 20.1. The van der Waals surface area contributed by atoms with Crippen LogP contribution < -0.4 is 0 Å². The lowest BCUT2D eigenvalue weighted by atomic mass is 9.92. The number of hydrogen-bond donors (Lipinski definition) is 0. The first kappa shape index (κ1) is 62.6. The summed E-state index contributed by atoms with van der Waals surface area (Å²) in [6, 6.07) is 0. The highest BCUT2D eigenvalue weighted by Crippen LogP contribution is 2.15. The molecule has 0 saturated heterocycles. The Morgan fingerprint density at radius 3 is 1.02 bits per heavy atom. The third-order valence-corrected chi connectivity index (χ3v) is 9.96. The monoisotopic (exact) mass is 842 g/mol. The number of carbonyl (C=O) groups is 6. The van der Waals surface area contributed by atoms with Crippen molar-refractivity contribution in [1.82, 2.24) is 4.90 Å². The maximum absolute atomic E-state index is 11.1. The van der Waals surface area contributed by atoms with Gasteiger partial charge in [0.2, 0.25) is 0 Å². The molecule has 0 spiro atoms. The van der Waals surface area contributed by atoms with Gasteiger partial charge in [0.25, 0.3) is 10.1 Å². The quantitative estimate of drug-likeness (QED) is 0.0798. The molecule has 0 aromatic carbocycles. The summed E-state index contributed by atoms with van der Waals surface area (Å²) in [6.07, 6.45) is 2.13. The Morgan fingerprint density at radius 1 is 0.554 bits per heavy atom. The van der Waals surface area contributed by atoms with Crippen LogP contribution >= 0.6 is 0 Å². The standard InChI is InChI=1S/C9H19NO.C9H16O3.C8H16O4S.C8H16O3S.C7H12O/c1-7(2)9(8(3)11)6-10(4)5;1-6(2)9(7(3)10)5-12-8(4)11;1-6(2)8(7(3)9)5-12-13(4,10)11;1-6(2)8(7(3)9)5-12(4,10)11;1-5(2)6(3)7(4)8/h7,9H,6H2,1-5H3;6,9H,5H2,1-4H3;6,8H,5H2,1-4H3;6,8H,5H2,1-4H3;5H,3H2,1-2,4H3. The molecule has 0 aromatic heterocycles. The number of allylic oxidation sites excluding steroid dienone is 1. The molecular weight excluding hydrogens is 763 g/mol. The van der Waals surface area contributed by atoms with E-state index in [-0.39, 0.29) is 89.5 Å². The molecule has 0 saturated carbocycles. The van der Waals surface area contributed by atoms with E-state index in [2.05, 4.69) is 29.5 Å². The number of ether oxygens (including phenoxy) is 1. The van der Waals surface area contributed by atoms with Gasteiger partial charge in [-0.3, -0.25) is 33.0 Å². The van der Waals surface area contributed by atoms with E-state index >= 15 is 0 Å². The van der Waals surface area contributed by atoms with Crippen LogP contribution in [-0.2, 0) is 57.6 Å². The fourth-order valence-corrected chi connectivity index (χ4v) is 6.34. The van der Waals surface area contributed by atoms with Crippen molar-refractivity contribution in [3.8, 4) is 0 Å². The summed E-state index contributed by atoms with van der Waals surface area (Å²) in [5.41, 5.74) is 0.713. The number of ketones is 5. The maximum atomic E-state index is 11.1. The normalized spacial score (nSPS) is 13.4. The van der Waals surface area contributed by atoms with E-state index in [4.69, 9.17) is 4.74 Å². The van der Waals surface area contributed by atoms with Gasteiger partial charge in [-0.15, -0.1) is 0 Å². The fourth-order valence-electron chi connectivity index (χ4n) is 4.68. The van der Waals surface area contributed by atoms with Gasteiger partial charge in [-0.1, -0.05) is 75.8 Å². The van der Waals surface area contributed by atoms with Crippen LogP contribution in [0.3, 0.4) is 0 Å². The van der Waals surface area contributed by atoms with Crippen LogP contribution in [0.15, 0.2) is 12.2 Å². The number of hydrogen-bond acceptors (Lipinski definition) is 13. The first-order chi connectivity index (χ1) is 24.9. The topological polar surface area (TPSA) is 192 Å². The van der Waals surface area contributed by atoms with Crippen molar-refractivity contribution in [2.45, 2.75) is 111 Å². The van der Waals surface area contributed by atoms with Crippen LogP contribution in [0.2, 0.25) is 0 Å². The summed E-state index contributed by atoms with van der Waals surface area (Å²) >= 11 is 0. The molecule has 0 fully saturated rings. The maximum Gasteiger partial charge on any atom is 0.302 e. The number of sulfone groups is 1. The summed E-state index contributed by atoms with van der Waals surface area (Å²) in [5.74, 6) is 0.547. The molecule has 0 aliphatic heterocycles. The van der Waals surface area contributed by atoms with E-state index in [0.717, 1.165) is 19.1 Å². The smallest absolute Gasteiger partial charge is 0.302 e. The van der Waals surface area contributed by atoms with Crippen molar-refractivity contribution >= 4 is 54.8 Å². The molecule has 0 aromatic rings. The van der Waals surface area contributed by atoms with E-state index in [1.165, 1.54) is 27.7 Å². The lowest BCUT2D eigenvalue weighted by Crippen LogP contribution is -2.30. The Balaban J connectivity index is -0.000000195. The van der Waals surface area contributed by atoms with Crippen LogP contribution in [0.25, 0.3) is 0 Å². The summed E-state index contributed by atoms with van der Waals surface area (Å²) in [6.45, 7) is 33.0. The highest BCUT2D eigenvalue weighted by Gasteiger charge is 2.23. The highest BCUT2D eigenvalue weighted by molar-refractivity contribution is 7.90. The van der Waals surface area contributed by atoms with Crippen LogP contribution in [-0.4, -0.2) is 109 Å². The average molecular weight is 842 g/mol. The summed E-state index contributed by atoms with van der Waals surface area (Å²) in [7, 11) is -2.48. The second-order valence-electron chi connectivity index (χ2n) is 16.2. The molecule has 0 heterocycles. The Morgan fingerprint density at radius 2 is 0.875 bits per heavy atom. The Hall–Kier alpha value is -2.62. The number of carbonyl (C=O) groups excluding carboxylic acids is 6. The molecule has 0 amide bonds. The first-order valence-electron chi connectivity index (χ1n) is 18.9.